The van der Waals surface area contributed by atoms with Gasteiger partial charge in [0.25, 0.3) is 0 Å². The Bertz CT molecular complexity index is 83.0. The third-order valence-corrected chi connectivity index (χ3v) is 1.86. The number of likely N-dealkylation sites (N-methyl/N-ethyl adjacent to an activating group) is 1. The van der Waals surface area contributed by atoms with Crippen LogP contribution in [0.25, 0.3) is 0 Å². The fourth-order valence-corrected chi connectivity index (χ4v) is 1.18. The van der Waals surface area contributed by atoms with E-state index in [2.05, 4.69) is 24.2 Å². The molecule has 0 N–H and O–H groups in total. The third kappa shape index (κ3) is 1.95. The zero-order valence-corrected chi connectivity index (χ0v) is 6.30. The highest BCUT2D eigenvalue weighted by atomic mass is 15.2. The average Bonchev–Trinajstić information content (AvgIpc) is 1.88. The van der Waals surface area contributed by atoms with Crippen LogP contribution in [0.5, 0.6) is 0 Å². The summed E-state index contributed by atoms with van der Waals surface area (Å²) < 4.78 is 0. The van der Waals surface area contributed by atoms with Crippen molar-refractivity contribution in [1.82, 2.24) is 10.2 Å². The zero-order chi connectivity index (χ0) is 6.69. The van der Waals surface area contributed by atoms with Crippen LogP contribution < -0.4 is 5.32 Å². The molecular weight excluding hydrogens is 112 g/mol. The van der Waals surface area contributed by atoms with Gasteiger partial charge >= 0.3 is 0 Å². The van der Waals surface area contributed by atoms with Crippen LogP contribution in [-0.2, 0) is 0 Å². The molecule has 0 bridgehead atoms. The summed E-state index contributed by atoms with van der Waals surface area (Å²) in [7, 11) is 2.16. The molecule has 1 radical (unpaired) electrons. The highest BCUT2D eigenvalue weighted by Gasteiger charge is 2.14. The molecule has 53 valence electrons. The maximum atomic E-state index is 4.46. The molecule has 9 heavy (non-hydrogen) atoms. The Kier molecular flexibility index (Phi) is 2.49. The van der Waals surface area contributed by atoms with Crippen LogP contribution >= 0.6 is 0 Å². The van der Waals surface area contributed by atoms with Crippen molar-refractivity contribution in [1.29, 1.82) is 0 Å². The summed E-state index contributed by atoms with van der Waals surface area (Å²) >= 11 is 0. The molecule has 1 aliphatic heterocycles. The molecule has 1 unspecified atom stereocenters. The van der Waals surface area contributed by atoms with Crippen LogP contribution in [0, 0.1) is 0 Å². The Morgan fingerprint density at radius 3 is 2.89 bits per heavy atom. The van der Waals surface area contributed by atoms with Crippen LogP contribution in [0.15, 0.2) is 0 Å². The van der Waals surface area contributed by atoms with E-state index in [1.54, 1.807) is 0 Å². The van der Waals surface area contributed by atoms with E-state index in [1.165, 1.54) is 6.42 Å². The van der Waals surface area contributed by atoms with E-state index in [1.807, 2.05) is 0 Å². The van der Waals surface area contributed by atoms with Gasteiger partial charge in [-0.1, -0.05) is 6.92 Å². The summed E-state index contributed by atoms with van der Waals surface area (Å²) in [6.07, 6.45) is 1.20. The molecule has 0 aromatic rings. The van der Waals surface area contributed by atoms with E-state index in [9.17, 15) is 0 Å². The molecule has 2 nitrogen and oxygen atoms in total. The molecule has 1 fully saturated rings. The lowest BCUT2D eigenvalue weighted by molar-refractivity contribution is 0.231. The standard InChI is InChI=1S/C7H15N2/c1-3-7-6-9(2)5-4-8-7/h7H,3-6H2,1-2H3. The summed E-state index contributed by atoms with van der Waals surface area (Å²) in [5, 5.41) is 4.46. The number of piperazine rings is 1. The molecule has 0 saturated carbocycles. The van der Waals surface area contributed by atoms with Crippen molar-refractivity contribution < 1.29 is 0 Å². The minimum absolute atomic E-state index is 0.615. The molecular formula is C7H15N2. The molecule has 1 rings (SSSR count). The van der Waals surface area contributed by atoms with Crippen molar-refractivity contribution >= 4 is 0 Å². The lowest BCUT2D eigenvalue weighted by Crippen LogP contribution is -2.44. The van der Waals surface area contributed by atoms with Gasteiger partial charge in [0.2, 0.25) is 0 Å². The number of nitrogens with zero attached hydrogens (tertiary/aromatic N) is 2. The highest BCUT2D eigenvalue weighted by Crippen LogP contribution is 2.00. The minimum atomic E-state index is 0.615. The van der Waals surface area contributed by atoms with Crippen LogP contribution in [0.1, 0.15) is 13.3 Å². The first kappa shape index (κ1) is 7.03. The first-order chi connectivity index (χ1) is 4.33. The largest absolute Gasteiger partial charge is 0.303 e. The monoisotopic (exact) mass is 127 g/mol. The average molecular weight is 127 g/mol. The molecule has 0 aromatic heterocycles. The van der Waals surface area contributed by atoms with Gasteiger partial charge in [0.05, 0.1) is 0 Å². The Balaban J connectivity index is 2.23. The van der Waals surface area contributed by atoms with Gasteiger partial charge in [0, 0.05) is 25.7 Å². The first-order valence-corrected chi connectivity index (χ1v) is 3.68. The first-order valence-electron chi connectivity index (χ1n) is 3.68. The maximum absolute atomic E-state index is 4.46. The summed E-state index contributed by atoms with van der Waals surface area (Å²) in [5.74, 6) is 0. The van der Waals surface area contributed by atoms with Crippen molar-refractivity contribution in [3.8, 4) is 0 Å². The van der Waals surface area contributed by atoms with Gasteiger partial charge in [-0.3, -0.25) is 0 Å². The number of hydrogen-bond donors (Lipinski definition) is 0. The molecule has 0 amide bonds. The van der Waals surface area contributed by atoms with E-state index in [0.717, 1.165) is 19.6 Å². The van der Waals surface area contributed by atoms with E-state index in [4.69, 9.17) is 0 Å². The lowest BCUT2D eigenvalue weighted by Gasteiger charge is -2.28. The molecule has 1 saturated heterocycles. The topological polar surface area (TPSA) is 17.3 Å². The van der Waals surface area contributed by atoms with E-state index in [0.29, 0.717) is 6.04 Å². The van der Waals surface area contributed by atoms with Gasteiger partial charge in [0.1, 0.15) is 0 Å². The van der Waals surface area contributed by atoms with Crippen LogP contribution in [-0.4, -0.2) is 37.6 Å². The predicted octanol–water partition coefficient (Wildman–Crippen LogP) is 0.315. The van der Waals surface area contributed by atoms with Gasteiger partial charge in [-0.25, -0.2) is 5.32 Å². The minimum Gasteiger partial charge on any atom is -0.303 e. The number of hydrogen-bond acceptors (Lipinski definition) is 1. The Morgan fingerprint density at radius 2 is 2.44 bits per heavy atom. The summed E-state index contributed by atoms with van der Waals surface area (Å²) in [6, 6.07) is 0.615. The predicted molar refractivity (Wildman–Crippen MR) is 38.6 cm³/mol. The van der Waals surface area contributed by atoms with Gasteiger partial charge in [0.15, 0.2) is 0 Å². The maximum Gasteiger partial charge on any atom is 0.0371 e. The van der Waals surface area contributed by atoms with Crippen molar-refractivity contribution in [3.63, 3.8) is 0 Å². The van der Waals surface area contributed by atoms with Crippen molar-refractivity contribution in [2.45, 2.75) is 19.4 Å². The van der Waals surface area contributed by atoms with Crippen LogP contribution in [0.3, 0.4) is 0 Å². The molecule has 1 heterocycles. The fraction of sp³-hybridized carbons (Fsp3) is 1.00. The molecule has 0 aliphatic carbocycles. The van der Waals surface area contributed by atoms with E-state index in [-0.39, 0.29) is 0 Å². The van der Waals surface area contributed by atoms with Crippen molar-refractivity contribution in [2.75, 3.05) is 26.7 Å². The van der Waals surface area contributed by atoms with Crippen molar-refractivity contribution in [2.24, 2.45) is 0 Å². The SMILES string of the molecule is CCC1CN(C)CC[N]1. The Hall–Kier alpha value is -0.0800. The van der Waals surface area contributed by atoms with Gasteiger partial charge < -0.3 is 4.90 Å². The van der Waals surface area contributed by atoms with E-state index < -0.39 is 0 Å². The second-order valence-corrected chi connectivity index (χ2v) is 2.73. The Labute approximate surface area is 57.2 Å². The van der Waals surface area contributed by atoms with E-state index >= 15 is 0 Å². The highest BCUT2D eigenvalue weighted by molar-refractivity contribution is 4.74. The van der Waals surface area contributed by atoms with Gasteiger partial charge in [-0.05, 0) is 13.5 Å². The molecule has 1 aliphatic rings. The second-order valence-electron chi connectivity index (χ2n) is 2.73. The molecule has 0 aromatic carbocycles. The second kappa shape index (κ2) is 3.18. The smallest absolute Gasteiger partial charge is 0.0371 e. The third-order valence-electron chi connectivity index (χ3n) is 1.86. The quantitative estimate of drug-likeness (QED) is 0.495. The summed E-state index contributed by atoms with van der Waals surface area (Å²) in [5.41, 5.74) is 0. The molecule has 1 atom stereocenters. The number of rotatable bonds is 1. The van der Waals surface area contributed by atoms with Gasteiger partial charge in [-0.2, -0.15) is 0 Å². The Morgan fingerprint density at radius 1 is 1.67 bits per heavy atom. The fourth-order valence-electron chi connectivity index (χ4n) is 1.18. The van der Waals surface area contributed by atoms with Crippen LogP contribution in [0.2, 0.25) is 0 Å². The summed E-state index contributed by atoms with van der Waals surface area (Å²) in [6.45, 7) is 5.55. The molecule has 0 spiro atoms. The van der Waals surface area contributed by atoms with Crippen LogP contribution in [0.4, 0.5) is 0 Å². The summed E-state index contributed by atoms with van der Waals surface area (Å²) in [4.78, 5) is 2.35. The van der Waals surface area contributed by atoms with Crippen molar-refractivity contribution in [3.05, 3.63) is 0 Å². The zero-order valence-electron chi connectivity index (χ0n) is 6.30. The molecule has 2 heteroatoms. The lowest BCUT2D eigenvalue weighted by atomic mass is 10.2. The normalized spacial score (nSPS) is 30.7. The van der Waals surface area contributed by atoms with Gasteiger partial charge in [-0.15, -0.1) is 0 Å².